The summed E-state index contributed by atoms with van der Waals surface area (Å²) in [6.07, 6.45) is 0. The third-order valence-electron chi connectivity index (χ3n) is 5.65. The Kier molecular flexibility index (Phi) is 6.54. The molecule has 1 amide bonds. The minimum absolute atomic E-state index is 0.000486. The number of carbonyl (C=O) groups is 1. The fourth-order valence-electron chi connectivity index (χ4n) is 4.09. The quantitative estimate of drug-likeness (QED) is 0.805. The van der Waals surface area contributed by atoms with Gasteiger partial charge >= 0.3 is 0 Å². The molecule has 26 heavy (non-hydrogen) atoms. The van der Waals surface area contributed by atoms with Crippen molar-refractivity contribution in [3.8, 4) is 0 Å². The first-order valence-corrected chi connectivity index (χ1v) is 10.1. The van der Waals surface area contributed by atoms with Crippen LogP contribution in [0.4, 0.5) is 5.69 Å². The van der Waals surface area contributed by atoms with Crippen LogP contribution >= 0.6 is 0 Å². The maximum atomic E-state index is 13.0. The van der Waals surface area contributed by atoms with Crippen LogP contribution in [0.3, 0.4) is 0 Å². The van der Waals surface area contributed by atoms with Crippen LogP contribution < -0.4 is 4.90 Å². The van der Waals surface area contributed by atoms with Gasteiger partial charge in [0, 0.05) is 64.6 Å². The molecule has 1 aromatic carbocycles. The van der Waals surface area contributed by atoms with Crippen LogP contribution in [0.2, 0.25) is 0 Å². The number of para-hydroxylation sites is 1. The number of amides is 1. The molecule has 2 saturated heterocycles. The second-order valence-electron chi connectivity index (χ2n) is 8.05. The first-order valence-electron chi connectivity index (χ1n) is 10.1. The topological polar surface area (TPSA) is 30.0 Å². The highest BCUT2D eigenvalue weighted by Crippen LogP contribution is 2.17. The summed E-state index contributed by atoms with van der Waals surface area (Å²) in [5.41, 5.74) is 1.26. The lowest BCUT2D eigenvalue weighted by Crippen LogP contribution is -2.57. The summed E-state index contributed by atoms with van der Waals surface area (Å²) in [6.45, 7) is 15.5. The second-order valence-corrected chi connectivity index (χ2v) is 8.05. The van der Waals surface area contributed by atoms with Crippen molar-refractivity contribution in [2.24, 2.45) is 5.92 Å². The van der Waals surface area contributed by atoms with Crippen molar-refractivity contribution in [2.45, 2.75) is 26.8 Å². The van der Waals surface area contributed by atoms with E-state index < -0.39 is 0 Å². The standard InChI is InChI=1S/C21H34N4O/c1-18(2)17-22-9-11-23(12-10-22)19(3)21(26)25-15-13-24(14-16-25)20-7-5-4-6-8-20/h4-8,18-19H,9-17H2,1-3H3. The van der Waals surface area contributed by atoms with Gasteiger partial charge in [0.1, 0.15) is 0 Å². The molecule has 2 fully saturated rings. The van der Waals surface area contributed by atoms with E-state index in [4.69, 9.17) is 0 Å². The predicted octanol–water partition coefficient (Wildman–Crippen LogP) is 2.00. The summed E-state index contributed by atoms with van der Waals surface area (Å²) >= 11 is 0. The van der Waals surface area contributed by atoms with Crippen LogP contribution in [0.25, 0.3) is 0 Å². The second kappa shape index (κ2) is 8.87. The van der Waals surface area contributed by atoms with Gasteiger partial charge in [-0.15, -0.1) is 0 Å². The molecule has 1 atom stereocenters. The number of rotatable bonds is 5. The molecule has 0 radical (unpaired) electrons. The highest BCUT2D eigenvalue weighted by atomic mass is 16.2. The molecule has 5 nitrogen and oxygen atoms in total. The van der Waals surface area contributed by atoms with Gasteiger partial charge in [-0.1, -0.05) is 32.0 Å². The molecule has 0 aliphatic carbocycles. The van der Waals surface area contributed by atoms with Crippen molar-refractivity contribution < 1.29 is 4.79 Å². The van der Waals surface area contributed by atoms with Crippen molar-refractivity contribution in [1.29, 1.82) is 0 Å². The molecule has 0 N–H and O–H groups in total. The van der Waals surface area contributed by atoms with Gasteiger partial charge in [-0.2, -0.15) is 0 Å². The Morgan fingerprint density at radius 1 is 0.885 bits per heavy atom. The van der Waals surface area contributed by atoms with Crippen molar-refractivity contribution in [3.63, 3.8) is 0 Å². The van der Waals surface area contributed by atoms with Crippen molar-refractivity contribution in [1.82, 2.24) is 14.7 Å². The number of benzene rings is 1. The van der Waals surface area contributed by atoms with E-state index in [1.54, 1.807) is 0 Å². The Bertz CT molecular complexity index is 561. The monoisotopic (exact) mass is 358 g/mol. The van der Waals surface area contributed by atoms with Crippen LogP contribution in [-0.4, -0.2) is 85.6 Å². The van der Waals surface area contributed by atoms with Gasteiger partial charge in [-0.25, -0.2) is 0 Å². The third-order valence-corrected chi connectivity index (χ3v) is 5.65. The predicted molar refractivity (Wildman–Crippen MR) is 108 cm³/mol. The highest BCUT2D eigenvalue weighted by Gasteiger charge is 2.30. The van der Waals surface area contributed by atoms with E-state index in [-0.39, 0.29) is 6.04 Å². The summed E-state index contributed by atoms with van der Waals surface area (Å²) in [5, 5.41) is 0. The Morgan fingerprint density at radius 2 is 1.50 bits per heavy atom. The molecule has 0 saturated carbocycles. The summed E-state index contributed by atoms with van der Waals surface area (Å²) < 4.78 is 0. The van der Waals surface area contributed by atoms with Gasteiger partial charge in [0.05, 0.1) is 6.04 Å². The summed E-state index contributed by atoms with van der Waals surface area (Å²) in [6, 6.07) is 10.5. The number of hydrogen-bond donors (Lipinski definition) is 0. The van der Waals surface area contributed by atoms with Gasteiger partial charge in [0.2, 0.25) is 5.91 Å². The SMILES string of the molecule is CC(C)CN1CCN(C(C)C(=O)N2CCN(c3ccccc3)CC2)CC1. The maximum absolute atomic E-state index is 13.0. The lowest BCUT2D eigenvalue weighted by Gasteiger charge is -2.41. The Labute approximate surface area is 158 Å². The number of piperazine rings is 2. The molecule has 0 bridgehead atoms. The maximum Gasteiger partial charge on any atom is 0.239 e. The largest absolute Gasteiger partial charge is 0.368 e. The van der Waals surface area contributed by atoms with E-state index in [1.165, 1.54) is 5.69 Å². The number of hydrogen-bond acceptors (Lipinski definition) is 4. The average Bonchev–Trinajstić information content (AvgIpc) is 2.68. The molecule has 3 rings (SSSR count). The molecule has 5 heteroatoms. The Hall–Kier alpha value is -1.59. The van der Waals surface area contributed by atoms with Gasteiger partial charge in [-0.3, -0.25) is 9.69 Å². The average molecular weight is 359 g/mol. The van der Waals surface area contributed by atoms with Crippen molar-refractivity contribution >= 4 is 11.6 Å². The zero-order chi connectivity index (χ0) is 18.5. The molecule has 1 aromatic rings. The van der Waals surface area contributed by atoms with E-state index in [9.17, 15) is 4.79 Å². The number of anilines is 1. The molecule has 2 aliphatic heterocycles. The van der Waals surface area contributed by atoms with Crippen LogP contribution in [0, 0.1) is 5.92 Å². The van der Waals surface area contributed by atoms with E-state index in [1.807, 2.05) is 6.07 Å². The van der Waals surface area contributed by atoms with E-state index in [0.29, 0.717) is 11.8 Å². The van der Waals surface area contributed by atoms with Crippen LogP contribution in [0.15, 0.2) is 30.3 Å². The van der Waals surface area contributed by atoms with Crippen LogP contribution in [-0.2, 0) is 4.79 Å². The van der Waals surface area contributed by atoms with Gasteiger partial charge in [0.25, 0.3) is 0 Å². The lowest BCUT2D eigenvalue weighted by molar-refractivity contribution is -0.137. The van der Waals surface area contributed by atoms with Crippen molar-refractivity contribution in [2.75, 3.05) is 63.8 Å². The van der Waals surface area contributed by atoms with Crippen LogP contribution in [0.5, 0.6) is 0 Å². The zero-order valence-electron chi connectivity index (χ0n) is 16.6. The molecule has 144 valence electrons. The third kappa shape index (κ3) is 4.77. The number of carbonyl (C=O) groups excluding carboxylic acids is 1. The zero-order valence-corrected chi connectivity index (χ0v) is 16.6. The van der Waals surface area contributed by atoms with Gasteiger partial charge < -0.3 is 14.7 Å². The minimum atomic E-state index is -0.000486. The number of nitrogens with zero attached hydrogens (tertiary/aromatic N) is 4. The summed E-state index contributed by atoms with van der Waals surface area (Å²) in [7, 11) is 0. The highest BCUT2D eigenvalue weighted by molar-refractivity contribution is 5.81. The van der Waals surface area contributed by atoms with Crippen molar-refractivity contribution in [3.05, 3.63) is 30.3 Å². The van der Waals surface area contributed by atoms with E-state index in [0.717, 1.165) is 58.9 Å². The summed E-state index contributed by atoms with van der Waals surface area (Å²) in [5.74, 6) is 1.01. The first-order chi connectivity index (χ1) is 12.5. The smallest absolute Gasteiger partial charge is 0.239 e. The van der Waals surface area contributed by atoms with E-state index >= 15 is 0 Å². The molecular formula is C21H34N4O. The van der Waals surface area contributed by atoms with E-state index in [2.05, 4.69) is 64.6 Å². The fraction of sp³-hybridized carbons (Fsp3) is 0.667. The van der Waals surface area contributed by atoms with Crippen LogP contribution in [0.1, 0.15) is 20.8 Å². The minimum Gasteiger partial charge on any atom is -0.368 e. The first kappa shape index (κ1) is 19.2. The lowest BCUT2D eigenvalue weighted by atomic mass is 10.1. The molecule has 0 spiro atoms. The summed E-state index contributed by atoms with van der Waals surface area (Å²) in [4.78, 5) is 22.3. The Morgan fingerprint density at radius 3 is 2.08 bits per heavy atom. The Balaban J connectivity index is 1.46. The normalized spacial score (nSPS) is 21.2. The fourth-order valence-corrected chi connectivity index (χ4v) is 4.09. The van der Waals surface area contributed by atoms with Gasteiger partial charge in [0.15, 0.2) is 0 Å². The molecular weight excluding hydrogens is 324 g/mol. The van der Waals surface area contributed by atoms with Gasteiger partial charge in [-0.05, 0) is 25.0 Å². The molecule has 1 unspecified atom stereocenters. The molecule has 0 aromatic heterocycles. The molecule has 2 heterocycles. The molecule has 2 aliphatic rings.